The second-order valence-corrected chi connectivity index (χ2v) is 7.85. The second kappa shape index (κ2) is 8.06. The molecule has 1 fully saturated rings. The molecule has 2 amide bonds. The van der Waals surface area contributed by atoms with Crippen LogP contribution in [0.25, 0.3) is 11.4 Å². The summed E-state index contributed by atoms with van der Waals surface area (Å²) in [6.45, 7) is 3.33. The molecule has 0 unspecified atom stereocenters. The zero-order valence-electron chi connectivity index (χ0n) is 15.8. The van der Waals surface area contributed by atoms with Crippen LogP contribution in [-0.4, -0.2) is 40.4 Å². The zero-order valence-corrected chi connectivity index (χ0v) is 16.6. The Kier molecular flexibility index (Phi) is 5.34. The van der Waals surface area contributed by atoms with Crippen molar-refractivity contribution in [3.05, 3.63) is 60.5 Å². The molecule has 144 valence electrons. The number of aromatic nitrogens is 2. The molecule has 1 saturated heterocycles. The number of anilines is 1. The topological polar surface area (TPSA) is 71.3 Å². The molecular weight excluding hydrogens is 372 g/mol. The van der Waals surface area contributed by atoms with Crippen molar-refractivity contribution in [1.82, 2.24) is 15.0 Å². The Morgan fingerprint density at radius 1 is 1.18 bits per heavy atom. The van der Waals surface area contributed by atoms with E-state index in [4.69, 9.17) is 4.52 Å². The fourth-order valence-corrected chi connectivity index (χ4v) is 3.91. The molecule has 6 nitrogen and oxygen atoms in total. The lowest BCUT2D eigenvalue weighted by atomic mass is 9.98. The van der Waals surface area contributed by atoms with Crippen molar-refractivity contribution in [2.75, 3.05) is 24.7 Å². The lowest BCUT2D eigenvalue weighted by Crippen LogP contribution is -2.33. The summed E-state index contributed by atoms with van der Waals surface area (Å²) in [7, 11) is 0. The molecule has 28 heavy (non-hydrogen) atoms. The minimum absolute atomic E-state index is 0.0354. The van der Waals surface area contributed by atoms with Crippen molar-refractivity contribution in [2.45, 2.75) is 17.7 Å². The maximum absolute atomic E-state index is 12.7. The number of rotatable bonds is 4. The van der Waals surface area contributed by atoms with Gasteiger partial charge in [0.15, 0.2) is 0 Å². The summed E-state index contributed by atoms with van der Waals surface area (Å²) in [4.78, 5) is 20.2. The highest BCUT2D eigenvalue weighted by atomic mass is 32.2. The van der Waals surface area contributed by atoms with Crippen molar-refractivity contribution in [2.24, 2.45) is 5.92 Å². The van der Waals surface area contributed by atoms with Crippen molar-refractivity contribution in [3.63, 3.8) is 0 Å². The van der Waals surface area contributed by atoms with E-state index in [9.17, 15) is 4.79 Å². The van der Waals surface area contributed by atoms with Crippen molar-refractivity contribution in [1.29, 1.82) is 0 Å². The third-order valence-corrected chi connectivity index (χ3v) is 5.74. The molecule has 2 atom stereocenters. The Hall–Kier alpha value is -2.80. The smallest absolute Gasteiger partial charge is 0.321 e. The number of thioether (sulfide) groups is 1. The van der Waals surface area contributed by atoms with Gasteiger partial charge in [0.2, 0.25) is 11.7 Å². The van der Waals surface area contributed by atoms with Crippen LogP contribution in [0.1, 0.15) is 18.7 Å². The fraction of sp³-hybridized carbons (Fsp3) is 0.286. The number of hydrogen-bond acceptors (Lipinski definition) is 5. The zero-order chi connectivity index (χ0) is 19.5. The third kappa shape index (κ3) is 3.89. The largest absolute Gasteiger partial charge is 0.339 e. The number of nitrogens with one attached hydrogen (secondary N) is 1. The molecule has 4 rings (SSSR count). The van der Waals surface area contributed by atoms with E-state index in [0.29, 0.717) is 24.8 Å². The van der Waals surface area contributed by atoms with Crippen molar-refractivity contribution < 1.29 is 9.32 Å². The van der Waals surface area contributed by atoms with Gasteiger partial charge in [-0.15, -0.1) is 11.8 Å². The summed E-state index contributed by atoms with van der Waals surface area (Å²) in [5, 5.41) is 7.10. The molecule has 0 aliphatic carbocycles. The second-order valence-electron chi connectivity index (χ2n) is 6.97. The third-order valence-electron chi connectivity index (χ3n) is 5.01. The Labute approximate surface area is 168 Å². The van der Waals surface area contributed by atoms with Gasteiger partial charge in [0.05, 0.1) is 5.92 Å². The van der Waals surface area contributed by atoms with Gasteiger partial charge in [-0.1, -0.05) is 48.5 Å². The Balaban J connectivity index is 1.44. The maximum Gasteiger partial charge on any atom is 0.321 e. The van der Waals surface area contributed by atoms with Gasteiger partial charge < -0.3 is 14.7 Å². The number of urea groups is 1. The molecule has 2 heterocycles. The van der Waals surface area contributed by atoms with Gasteiger partial charge in [0.1, 0.15) is 0 Å². The highest BCUT2D eigenvalue weighted by Crippen LogP contribution is 2.33. The number of amides is 2. The summed E-state index contributed by atoms with van der Waals surface area (Å²) in [5.74, 6) is 1.45. The van der Waals surface area contributed by atoms with E-state index in [2.05, 4.69) is 22.4 Å². The van der Waals surface area contributed by atoms with Crippen molar-refractivity contribution >= 4 is 23.5 Å². The summed E-state index contributed by atoms with van der Waals surface area (Å²) < 4.78 is 5.53. The van der Waals surface area contributed by atoms with Crippen LogP contribution in [-0.2, 0) is 0 Å². The van der Waals surface area contributed by atoms with Crippen LogP contribution < -0.4 is 5.32 Å². The van der Waals surface area contributed by atoms with Crippen LogP contribution in [0.15, 0.2) is 64.0 Å². The van der Waals surface area contributed by atoms with Crippen LogP contribution in [0.2, 0.25) is 0 Å². The summed E-state index contributed by atoms with van der Waals surface area (Å²) in [6, 6.07) is 17.5. The van der Waals surface area contributed by atoms with Gasteiger partial charge in [-0.05, 0) is 30.4 Å². The lowest BCUT2D eigenvalue weighted by Gasteiger charge is -2.17. The Morgan fingerprint density at radius 2 is 2.00 bits per heavy atom. The monoisotopic (exact) mass is 394 g/mol. The normalized spacial score (nSPS) is 19.0. The minimum atomic E-state index is -0.101. The van der Waals surface area contributed by atoms with E-state index in [1.54, 1.807) is 11.8 Å². The number of nitrogens with zero attached hydrogens (tertiary/aromatic N) is 3. The molecule has 1 N–H and O–H groups in total. The lowest BCUT2D eigenvalue weighted by molar-refractivity contribution is 0.220. The van der Waals surface area contributed by atoms with Gasteiger partial charge in [0.25, 0.3) is 0 Å². The molecule has 7 heteroatoms. The number of carbonyl (C=O) groups is 1. The van der Waals surface area contributed by atoms with Crippen LogP contribution in [0.5, 0.6) is 0 Å². The first-order valence-electron chi connectivity index (χ1n) is 9.23. The molecule has 1 aliphatic heterocycles. The van der Waals surface area contributed by atoms with Gasteiger partial charge in [-0.2, -0.15) is 4.98 Å². The van der Waals surface area contributed by atoms with Crippen LogP contribution in [0.4, 0.5) is 10.5 Å². The van der Waals surface area contributed by atoms with E-state index < -0.39 is 0 Å². The first-order valence-corrected chi connectivity index (χ1v) is 10.5. The molecule has 0 radical (unpaired) electrons. The summed E-state index contributed by atoms with van der Waals surface area (Å²) >= 11 is 1.65. The molecule has 1 aromatic heterocycles. The average molecular weight is 395 g/mol. The van der Waals surface area contributed by atoms with E-state index in [1.165, 1.54) is 0 Å². The first-order chi connectivity index (χ1) is 13.6. The predicted molar refractivity (Wildman–Crippen MR) is 110 cm³/mol. The van der Waals surface area contributed by atoms with Gasteiger partial charge in [-0.3, -0.25) is 0 Å². The van der Waals surface area contributed by atoms with Crippen LogP contribution in [0, 0.1) is 5.92 Å². The first kappa shape index (κ1) is 18.6. The highest BCUT2D eigenvalue weighted by Gasteiger charge is 2.37. The van der Waals surface area contributed by atoms with Gasteiger partial charge in [-0.25, -0.2) is 4.79 Å². The Bertz CT molecular complexity index is 960. The number of carbonyl (C=O) groups excluding carboxylic acids is 1. The predicted octanol–water partition coefficient (Wildman–Crippen LogP) is 4.73. The molecule has 0 spiro atoms. The Morgan fingerprint density at radius 3 is 2.79 bits per heavy atom. The van der Waals surface area contributed by atoms with Crippen molar-refractivity contribution in [3.8, 4) is 11.4 Å². The quantitative estimate of drug-likeness (QED) is 0.648. The average Bonchev–Trinajstić information content (AvgIpc) is 3.35. The summed E-state index contributed by atoms with van der Waals surface area (Å²) in [6.07, 6.45) is 2.02. The van der Waals surface area contributed by atoms with E-state index in [-0.39, 0.29) is 17.9 Å². The molecule has 0 saturated carbocycles. The highest BCUT2D eigenvalue weighted by molar-refractivity contribution is 7.98. The maximum atomic E-state index is 12.7. The van der Waals surface area contributed by atoms with E-state index in [0.717, 1.165) is 16.1 Å². The van der Waals surface area contributed by atoms with E-state index in [1.807, 2.05) is 65.8 Å². The standard InChI is InChI=1S/C21H22N4O2S/c1-14-12-25(21(26)22-16-9-6-10-17(11-16)28-2)13-18(14)20-23-19(24-27-20)15-7-4-3-5-8-15/h3-11,14,18H,12-13H2,1-2H3,(H,22,26)/t14-,18-/m0/s1. The van der Waals surface area contributed by atoms with Gasteiger partial charge >= 0.3 is 6.03 Å². The SMILES string of the molecule is CSc1cccc(NC(=O)N2C[C@H](c3nc(-c4ccccc4)no3)[C@@H](C)C2)c1. The molecule has 1 aliphatic rings. The molecule has 2 aromatic carbocycles. The fourth-order valence-electron chi connectivity index (χ4n) is 3.45. The van der Waals surface area contributed by atoms with Gasteiger partial charge in [0, 0.05) is 29.2 Å². The molecular formula is C21H22N4O2S. The van der Waals surface area contributed by atoms with Crippen LogP contribution in [0.3, 0.4) is 0 Å². The number of likely N-dealkylation sites (tertiary alicyclic amines) is 1. The van der Waals surface area contributed by atoms with Crippen LogP contribution >= 0.6 is 11.8 Å². The summed E-state index contributed by atoms with van der Waals surface area (Å²) in [5.41, 5.74) is 1.73. The number of hydrogen-bond donors (Lipinski definition) is 1. The minimum Gasteiger partial charge on any atom is -0.339 e. The molecule has 0 bridgehead atoms. The number of benzene rings is 2. The van der Waals surface area contributed by atoms with E-state index >= 15 is 0 Å². The molecule has 3 aromatic rings.